The molecule has 0 unspecified atom stereocenters. The van der Waals surface area contributed by atoms with E-state index in [0.717, 1.165) is 11.3 Å². The summed E-state index contributed by atoms with van der Waals surface area (Å²) in [6, 6.07) is -2.08. The average Bonchev–Trinajstić information content (AvgIpc) is 2.73. The lowest BCUT2D eigenvalue weighted by atomic mass is 9.84. The van der Waals surface area contributed by atoms with E-state index in [-0.39, 0.29) is 18.4 Å². The predicted octanol–water partition coefficient (Wildman–Crippen LogP) is 3.04. The highest BCUT2D eigenvalue weighted by atomic mass is 16.5. The van der Waals surface area contributed by atoms with Crippen LogP contribution in [0.15, 0.2) is 11.6 Å². The van der Waals surface area contributed by atoms with Crippen molar-refractivity contribution in [1.82, 2.24) is 15.1 Å². The summed E-state index contributed by atoms with van der Waals surface area (Å²) >= 11 is 0. The number of piperidine rings is 1. The highest BCUT2D eigenvalue weighted by Crippen LogP contribution is 2.25. The van der Waals surface area contributed by atoms with Crippen LogP contribution in [0.2, 0.25) is 0 Å². The summed E-state index contributed by atoms with van der Waals surface area (Å²) in [6.45, 7) is 13.4. The van der Waals surface area contributed by atoms with E-state index >= 15 is 0 Å². The van der Waals surface area contributed by atoms with Crippen molar-refractivity contribution in [2.24, 2.45) is 11.3 Å². The van der Waals surface area contributed by atoms with Gasteiger partial charge in [-0.15, -0.1) is 0 Å². The molecular weight excluding hydrogens is 426 g/mol. The molecular formula is C24H41N3O6. The van der Waals surface area contributed by atoms with Gasteiger partial charge in [0, 0.05) is 19.2 Å². The van der Waals surface area contributed by atoms with Gasteiger partial charge in [0.05, 0.1) is 12.6 Å². The summed E-state index contributed by atoms with van der Waals surface area (Å²) in [5.74, 6) is -1.20. The van der Waals surface area contributed by atoms with Crippen molar-refractivity contribution in [3.05, 3.63) is 11.6 Å². The second kappa shape index (κ2) is 12.0. The van der Waals surface area contributed by atoms with Crippen molar-refractivity contribution < 1.29 is 29.0 Å². The second-order valence-corrected chi connectivity index (χ2v) is 10.0. The molecule has 33 heavy (non-hydrogen) atoms. The maximum absolute atomic E-state index is 13.6. The van der Waals surface area contributed by atoms with Gasteiger partial charge in [-0.3, -0.25) is 14.5 Å². The van der Waals surface area contributed by atoms with E-state index in [0.29, 0.717) is 25.0 Å². The molecule has 9 nitrogen and oxygen atoms in total. The molecule has 1 aliphatic rings. The molecule has 0 aromatic rings. The van der Waals surface area contributed by atoms with Gasteiger partial charge < -0.3 is 20.1 Å². The molecule has 3 atom stereocenters. The number of carbonyl (C=O) groups excluding carboxylic acids is 3. The Balaban J connectivity index is 3.16. The maximum atomic E-state index is 13.6. The van der Waals surface area contributed by atoms with Crippen LogP contribution in [-0.2, 0) is 19.1 Å². The summed E-state index contributed by atoms with van der Waals surface area (Å²) in [7, 11) is 1.65. The smallest absolute Gasteiger partial charge is 0.407 e. The summed E-state index contributed by atoms with van der Waals surface area (Å²) in [5, 5.41) is 12.3. The zero-order valence-electron chi connectivity index (χ0n) is 21.3. The van der Waals surface area contributed by atoms with Crippen LogP contribution in [0.4, 0.5) is 4.79 Å². The largest absolute Gasteiger partial charge is 0.465 e. The SMILES string of the molecule is CCOC(=O)/C(C)=C/[C@H](C(C)C)N(C)C(=O)[C@@H](NC(=O)[C@H]1CCCCN1C(=O)O)C(C)(C)C. The van der Waals surface area contributed by atoms with Gasteiger partial charge in [0.25, 0.3) is 0 Å². The summed E-state index contributed by atoms with van der Waals surface area (Å²) in [6.07, 6.45) is 2.47. The van der Waals surface area contributed by atoms with Crippen LogP contribution in [0.3, 0.4) is 0 Å². The van der Waals surface area contributed by atoms with Crippen LogP contribution in [0.25, 0.3) is 0 Å². The fourth-order valence-electron chi connectivity index (χ4n) is 3.99. The quantitative estimate of drug-likeness (QED) is 0.419. The lowest BCUT2D eigenvalue weighted by Gasteiger charge is -2.39. The van der Waals surface area contributed by atoms with Crippen LogP contribution in [0, 0.1) is 11.3 Å². The molecule has 1 aliphatic heterocycles. The average molecular weight is 468 g/mol. The number of ether oxygens (including phenoxy) is 1. The van der Waals surface area contributed by atoms with Crippen molar-refractivity contribution in [3.63, 3.8) is 0 Å². The number of likely N-dealkylation sites (tertiary alicyclic amines) is 1. The number of carboxylic acid groups (broad SMARTS) is 1. The third-order valence-corrected chi connectivity index (χ3v) is 5.95. The first-order chi connectivity index (χ1) is 15.2. The Morgan fingerprint density at radius 2 is 1.82 bits per heavy atom. The Kier molecular flexibility index (Phi) is 10.4. The van der Waals surface area contributed by atoms with E-state index in [1.807, 2.05) is 34.6 Å². The molecule has 0 saturated carbocycles. The van der Waals surface area contributed by atoms with E-state index in [1.165, 1.54) is 0 Å². The number of likely N-dealkylation sites (N-methyl/N-ethyl adjacent to an activating group) is 1. The number of esters is 1. The van der Waals surface area contributed by atoms with Gasteiger partial charge in [-0.1, -0.05) is 40.7 Å². The highest BCUT2D eigenvalue weighted by Gasteiger charge is 2.40. The van der Waals surface area contributed by atoms with Gasteiger partial charge in [0.15, 0.2) is 0 Å². The molecule has 1 fully saturated rings. The standard InChI is InChI=1S/C24H41N3O6/c1-9-33-22(30)16(4)14-18(15(2)3)26(8)21(29)19(24(5,6)7)25-20(28)17-12-10-11-13-27(17)23(31)32/h14-15,17-19H,9-13H2,1-8H3,(H,25,28)(H,31,32)/b16-14+/t17-,18-,19-/m1/s1. The van der Waals surface area contributed by atoms with Crippen molar-refractivity contribution in [2.75, 3.05) is 20.2 Å². The number of hydrogen-bond donors (Lipinski definition) is 2. The number of carbonyl (C=O) groups is 4. The van der Waals surface area contributed by atoms with Gasteiger partial charge in [0.1, 0.15) is 12.1 Å². The Bertz CT molecular complexity index is 756. The molecule has 1 rings (SSSR count). The number of rotatable bonds is 8. The summed E-state index contributed by atoms with van der Waals surface area (Å²) < 4.78 is 5.06. The van der Waals surface area contributed by atoms with Crippen molar-refractivity contribution in [1.29, 1.82) is 0 Å². The van der Waals surface area contributed by atoms with Crippen molar-refractivity contribution in [3.8, 4) is 0 Å². The van der Waals surface area contributed by atoms with E-state index in [1.54, 1.807) is 31.9 Å². The molecule has 0 aromatic heterocycles. The summed E-state index contributed by atoms with van der Waals surface area (Å²) in [4.78, 5) is 53.0. The zero-order chi connectivity index (χ0) is 25.5. The van der Waals surface area contributed by atoms with Gasteiger partial charge in [-0.2, -0.15) is 0 Å². The second-order valence-electron chi connectivity index (χ2n) is 10.0. The van der Waals surface area contributed by atoms with Gasteiger partial charge in [-0.25, -0.2) is 9.59 Å². The van der Waals surface area contributed by atoms with E-state index in [2.05, 4.69) is 5.32 Å². The third-order valence-electron chi connectivity index (χ3n) is 5.95. The molecule has 0 spiro atoms. The summed E-state index contributed by atoms with van der Waals surface area (Å²) in [5.41, 5.74) is -0.212. The molecule has 0 bridgehead atoms. The highest BCUT2D eigenvalue weighted by molar-refractivity contribution is 5.92. The van der Waals surface area contributed by atoms with E-state index in [4.69, 9.17) is 4.74 Å². The number of nitrogens with zero attached hydrogens (tertiary/aromatic N) is 2. The van der Waals surface area contributed by atoms with Crippen LogP contribution in [0.1, 0.15) is 67.7 Å². The monoisotopic (exact) mass is 467 g/mol. The first kappa shape index (κ1) is 28.5. The lowest BCUT2D eigenvalue weighted by Crippen LogP contribution is -2.60. The number of nitrogens with one attached hydrogen (secondary N) is 1. The molecule has 9 heteroatoms. The van der Waals surface area contributed by atoms with E-state index < -0.39 is 41.5 Å². The van der Waals surface area contributed by atoms with Gasteiger partial charge in [-0.05, 0) is 44.4 Å². The van der Waals surface area contributed by atoms with Crippen LogP contribution >= 0.6 is 0 Å². The Morgan fingerprint density at radius 1 is 1.21 bits per heavy atom. The first-order valence-corrected chi connectivity index (χ1v) is 11.6. The molecule has 3 amide bonds. The van der Waals surface area contributed by atoms with Crippen LogP contribution in [-0.4, -0.2) is 77.1 Å². The molecule has 2 N–H and O–H groups in total. The molecule has 0 aliphatic carbocycles. The van der Waals surface area contributed by atoms with Crippen molar-refractivity contribution in [2.45, 2.75) is 85.9 Å². The molecule has 188 valence electrons. The predicted molar refractivity (Wildman–Crippen MR) is 126 cm³/mol. The minimum Gasteiger partial charge on any atom is -0.465 e. The topological polar surface area (TPSA) is 116 Å². The lowest BCUT2D eigenvalue weighted by molar-refractivity contribution is -0.141. The first-order valence-electron chi connectivity index (χ1n) is 11.6. The Morgan fingerprint density at radius 3 is 2.30 bits per heavy atom. The Hall–Kier alpha value is -2.58. The molecule has 0 radical (unpaired) electrons. The van der Waals surface area contributed by atoms with Gasteiger partial charge in [0.2, 0.25) is 11.8 Å². The number of hydrogen-bond acceptors (Lipinski definition) is 5. The normalized spacial score (nSPS) is 19.0. The molecule has 0 aromatic carbocycles. The fraction of sp³-hybridized carbons (Fsp3) is 0.750. The third kappa shape index (κ3) is 7.75. The van der Waals surface area contributed by atoms with Crippen LogP contribution in [0.5, 0.6) is 0 Å². The fourth-order valence-corrected chi connectivity index (χ4v) is 3.99. The van der Waals surface area contributed by atoms with Gasteiger partial charge >= 0.3 is 12.1 Å². The number of amides is 3. The van der Waals surface area contributed by atoms with Crippen molar-refractivity contribution >= 4 is 23.9 Å². The Labute approximate surface area is 197 Å². The zero-order valence-corrected chi connectivity index (χ0v) is 21.3. The molecule has 1 saturated heterocycles. The van der Waals surface area contributed by atoms with E-state index in [9.17, 15) is 24.3 Å². The van der Waals surface area contributed by atoms with Crippen LogP contribution < -0.4 is 5.32 Å². The minimum absolute atomic E-state index is 0.000456. The maximum Gasteiger partial charge on any atom is 0.407 e. The molecule has 1 heterocycles. The minimum atomic E-state index is -1.13.